The van der Waals surface area contributed by atoms with Gasteiger partial charge in [0.2, 0.25) is 5.91 Å². The van der Waals surface area contributed by atoms with Crippen LogP contribution in [0.5, 0.6) is 5.75 Å². The molecule has 0 heterocycles. The monoisotopic (exact) mass is 416 g/mol. The van der Waals surface area contributed by atoms with Gasteiger partial charge in [-0.3, -0.25) is 14.4 Å². The highest BCUT2D eigenvalue weighted by Crippen LogP contribution is 2.16. The average molecular weight is 416 g/mol. The number of anilines is 1. The van der Waals surface area contributed by atoms with Gasteiger partial charge in [0.05, 0.1) is 6.61 Å². The lowest BCUT2D eigenvalue weighted by atomic mass is 10.2. The van der Waals surface area contributed by atoms with Gasteiger partial charge in [-0.25, -0.2) is 4.39 Å². The first-order chi connectivity index (χ1) is 14.3. The molecule has 2 N–H and O–H groups in total. The number of hydrogen-bond acceptors (Lipinski definition) is 5. The molecule has 0 aliphatic rings. The molecule has 2 amide bonds. The zero-order valence-corrected chi connectivity index (χ0v) is 16.8. The van der Waals surface area contributed by atoms with E-state index in [9.17, 15) is 18.8 Å². The maximum absolute atomic E-state index is 13.1. The molecule has 0 fully saturated rings. The molecule has 0 saturated carbocycles. The van der Waals surface area contributed by atoms with Crippen molar-refractivity contribution in [1.29, 1.82) is 0 Å². The van der Waals surface area contributed by atoms with E-state index < -0.39 is 30.2 Å². The van der Waals surface area contributed by atoms with Crippen molar-refractivity contribution < 1.29 is 28.2 Å². The van der Waals surface area contributed by atoms with E-state index in [1.54, 1.807) is 0 Å². The molecule has 8 heteroatoms. The lowest BCUT2D eigenvalue weighted by Crippen LogP contribution is -2.37. The van der Waals surface area contributed by atoms with Gasteiger partial charge < -0.3 is 20.1 Å². The van der Waals surface area contributed by atoms with Gasteiger partial charge in [-0.05, 0) is 49.7 Å². The number of amides is 2. The van der Waals surface area contributed by atoms with E-state index in [2.05, 4.69) is 0 Å². The topological polar surface area (TPSA) is 98.9 Å². The van der Waals surface area contributed by atoms with Crippen LogP contribution in [0, 0.1) is 12.7 Å². The van der Waals surface area contributed by atoms with Crippen molar-refractivity contribution >= 4 is 23.5 Å². The number of halogens is 1. The number of esters is 1. The Kier molecular flexibility index (Phi) is 8.80. The molecule has 0 aliphatic heterocycles. The smallest absolute Gasteiger partial charge is 0.306 e. The third-order valence-electron chi connectivity index (χ3n) is 4.19. The van der Waals surface area contributed by atoms with Crippen LogP contribution in [0.4, 0.5) is 10.1 Å². The minimum absolute atomic E-state index is 0.00173. The van der Waals surface area contributed by atoms with Crippen LogP contribution in [0.15, 0.2) is 48.5 Å². The number of rotatable bonds is 11. The second-order valence-electron chi connectivity index (χ2n) is 6.66. The van der Waals surface area contributed by atoms with E-state index in [1.165, 1.54) is 29.2 Å². The molecule has 2 aromatic carbocycles. The second-order valence-corrected chi connectivity index (χ2v) is 6.66. The fourth-order valence-electron chi connectivity index (χ4n) is 2.57. The van der Waals surface area contributed by atoms with Crippen LogP contribution in [0.1, 0.15) is 24.8 Å². The van der Waals surface area contributed by atoms with Gasteiger partial charge in [0.25, 0.3) is 5.91 Å². The molecule has 30 heavy (non-hydrogen) atoms. The zero-order chi connectivity index (χ0) is 21.9. The van der Waals surface area contributed by atoms with Crippen molar-refractivity contribution in [3.8, 4) is 5.75 Å². The molecule has 0 saturated heterocycles. The summed E-state index contributed by atoms with van der Waals surface area (Å²) in [7, 11) is 0. The number of hydrogen-bond donors (Lipinski definition) is 1. The number of benzene rings is 2. The average Bonchev–Trinajstić information content (AvgIpc) is 2.72. The first-order valence-electron chi connectivity index (χ1n) is 9.54. The highest BCUT2D eigenvalue weighted by atomic mass is 19.1. The van der Waals surface area contributed by atoms with E-state index >= 15 is 0 Å². The summed E-state index contributed by atoms with van der Waals surface area (Å²) in [6.07, 6.45) is 0.453. The van der Waals surface area contributed by atoms with Crippen LogP contribution >= 0.6 is 0 Å². The van der Waals surface area contributed by atoms with Crippen LogP contribution in [0.2, 0.25) is 0 Å². The highest BCUT2D eigenvalue weighted by molar-refractivity contribution is 5.95. The van der Waals surface area contributed by atoms with Crippen molar-refractivity contribution in [1.82, 2.24) is 0 Å². The number of carbonyl (C=O) groups excluding carboxylic acids is 3. The van der Waals surface area contributed by atoms with Crippen molar-refractivity contribution in [2.45, 2.75) is 26.2 Å². The third-order valence-corrected chi connectivity index (χ3v) is 4.19. The number of primary amides is 1. The van der Waals surface area contributed by atoms with Gasteiger partial charge in [0.1, 0.15) is 11.6 Å². The zero-order valence-electron chi connectivity index (χ0n) is 16.8. The van der Waals surface area contributed by atoms with Gasteiger partial charge >= 0.3 is 5.97 Å². The standard InChI is InChI=1S/C22H25FN2O5/c1-16-4-10-19(11-5-16)29-14-2-3-22(28)30-15-21(27)25(13-12-20(24)26)18-8-6-17(23)7-9-18/h4-11H,2-3,12-15H2,1H3,(H2,24,26). The van der Waals surface area contributed by atoms with Crippen LogP contribution < -0.4 is 15.4 Å². The van der Waals surface area contributed by atoms with E-state index in [1.807, 2.05) is 31.2 Å². The molecular weight excluding hydrogens is 391 g/mol. The summed E-state index contributed by atoms with van der Waals surface area (Å²) < 4.78 is 23.7. The maximum atomic E-state index is 13.1. The van der Waals surface area contributed by atoms with Crippen LogP contribution in [-0.4, -0.2) is 37.5 Å². The molecule has 0 unspecified atom stereocenters. The largest absolute Gasteiger partial charge is 0.494 e. The summed E-state index contributed by atoms with van der Waals surface area (Å²) in [4.78, 5) is 36.7. The third kappa shape index (κ3) is 7.90. The summed E-state index contributed by atoms with van der Waals surface area (Å²) in [6.45, 7) is 1.83. The molecule has 0 bridgehead atoms. The number of nitrogens with two attached hydrogens (primary N) is 1. The van der Waals surface area contributed by atoms with Gasteiger partial charge in [0, 0.05) is 25.1 Å². The Morgan fingerprint density at radius 3 is 2.30 bits per heavy atom. The SMILES string of the molecule is Cc1ccc(OCCCC(=O)OCC(=O)N(CCC(N)=O)c2ccc(F)cc2)cc1. The Bertz CT molecular complexity index is 853. The summed E-state index contributed by atoms with van der Waals surface area (Å²) in [5.74, 6) is -1.40. The van der Waals surface area contributed by atoms with E-state index in [0.717, 1.165) is 5.56 Å². The van der Waals surface area contributed by atoms with Gasteiger partial charge in [-0.1, -0.05) is 17.7 Å². The quantitative estimate of drug-likeness (QED) is 0.449. The van der Waals surface area contributed by atoms with Crippen molar-refractivity contribution in [2.24, 2.45) is 5.73 Å². The molecular formula is C22H25FN2O5. The van der Waals surface area contributed by atoms with Crippen LogP contribution in [0.25, 0.3) is 0 Å². The van der Waals surface area contributed by atoms with Crippen molar-refractivity contribution in [2.75, 3.05) is 24.7 Å². The highest BCUT2D eigenvalue weighted by Gasteiger charge is 2.18. The number of aryl methyl sites for hydroxylation is 1. The molecule has 7 nitrogen and oxygen atoms in total. The predicted molar refractivity (Wildman–Crippen MR) is 109 cm³/mol. The first kappa shape index (κ1) is 22.9. The lowest BCUT2D eigenvalue weighted by molar-refractivity contribution is -0.148. The molecule has 0 radical (unpaired) electrons. The first-order valence-corrected chi connectivity index (χ1v) is 9.54. The summed E-state index contributed by atoms with van der Waals surface area (Å²) >= 11 is 0. The summed E-state index contributed by atoms with van der Waals surface area (Å²) in [5, 5.41) is 0. The Morgan fingerprint density at radius 1 is 1.00 bits per heavy atom. The fraction of sp³-hybridized carbons (Fsp3) is 0.318. The van der Waals surface area contributed by atoms with Gasteiger partial charge in [-0.15, -0.1) is 0 Å². The fourth-order valence-corrected chi connectivity index (χ4v) is 2.57. The Balaban J connectivity index is 1.78. The molecule has 0 spiro atoms. The molecule has 0 aliphatic carbocycles. The number of nitrogens with zero attached hydrogens (tertiary/aromatic N) is 1. The summed E-state index contributed by atoms with van der Waals surface area (Å²) in [5.41, 5.74) is 6.65. The predicted octanol–water partition coefficient (Wildman–Crippen LogP) is 2.74. The molecule has 0 aromatic heterocycles. The Morgan fingerprint density at radius 2 is 1.67 bits per heavy atom. The molecule has 160 valence electrons. The molecule has 2 rings (SSSR count). The second kappa shape index (κ2) is 11.5. The van der Waals surface area contributed by atoms with Crippen LogP contribution in [0.3, 0.4) is 0 Å². The maximum Gasteiger partial charge on any atom is 0.306 e. The van der Waals surface area contributed by atoms with E-state index in [-0.39, 0.29) is 19.4 Å². The lowest BCUT2D eigenvalue weighted by Gasteiger charge is -2.22. The van der Waals surface area contributed by atoms with Gasteiger partial charge in [0.15, 0.2) is 6.61 Å². The van der Waals surface area contributed by atoms with E-state index in [4.69, 9.17) is 15.2 Å². The Hall–Kier alpha value is -3.42. The number of ether oxygens (including phenoxy) is 2. The van der Waals surface area contributed by atoms with Crippen LogP contribution in [-0.2, 0) is 19.1 Å². The number of carbonyl (C=O) groups is 3. The minimum atomic E-state index is -0.583. The molecule has 2 aromatic rings. The Labute approximate surface area is 174 Å². The van der Waals surface area contributed by atoms with Gasteiger partial charge in [-0.2, -0.15) is 0 Å². The minimum Gasteiger partial charge on any atom is -0.494 e. The van der Waals surface area contributed by atoms with E-state index in [0.29, 0.717) is 24.5 Å². The molecule has 0 atom stereocenters. The normalized spacial score (nSPS) is 10.3. The van der Waals surface area contributed by atoms with Crippen molar-refractivity contribution in [3.63, 3.8) is 0 Å². The van der Waals surface area contributed by atoms with Crippen molar-refractivity contribution in [3.05, 3.63) is 59.9 Å². The summed E-state index contributed by atoms with van der Waals surface area (Å²) in [6, 6.07) is 12.8.